The smallest absolute Gasteiger partial charge is 0.273 e. The molecule has 8 heteroatoms. The van der Waals surface area contributed by atoms with Gasteiger partial charge in [-0.2, -0.15) is 0 Å². The first-order valence-electron chi connectivity index (χ1n) is 9.02. The third kappa shape index (κ3) is 5.38. The Morgan fingerprint density at radius 2 is 1.93 bits per heavy atom. The van der Waals surface area contributed by atoms with Crippen molar-refractivity contribution in [3.8, 4) is 11.3 Å². The Morgan fingerprint density at radius 1 is 1.19 bits per heavy atom. The third-order valence-electron chi connectivity index (χ3n) is 4.47. The summed E-state index contributed by atoms with van der Waals surface area (Å²) in [4.78, 5) is 26.4. The number of carbonyl (C=O) groups excluding carboxylic acids is 2. The van der Waals surface area contributed by atoms with E-state index in [0.717, 1.165) is 31.9 Å². The van der Waals surface area contributed by atoms with Crippen molar-refractivity contribution in [2.24, 2.45) is 0 Å². The van der Waals surface area contributed by atoms with E-state index < -0.39 is 5.91 Å². The van der Waals surface area contributed by atoms with Gasteiger partial charge < -0.3 is 19.9 Å². The molecule has 1 aromatic carbocycles. The Morgan fingerprint density at radius 3 is 2.67 bits per heavy atom. The quantitative estimate of drug-likeness (QED) is 0.750. The number of carbonyl (C=O) groups is 2. The first kappa shape index (κ1) is 19.1. The molecule has 0 aliphatic carbocycles. The number of amides is 2. The molecule has 0 saturated carbocycles. The second-order valence-electron chi connectivity index (χ2n) is 6.43. The zero-order valence-electron chi connectivity index (χ0n) is 15.3. The number of rotatable bonds is 7. The topological polar surface area (TPSA) is 96.7 Å². The van der Waals surface area contributed by atoms with E-state index in [1.165, 1.54) is 0 Å². The van der Waals surface area contributed by atoms with Crippen LogP contribution in [-0.4, -0.2) is 67.3 Å². The highest BCUT2D eigenvalue weighted by molar-refractivity contribution is 5.95. The molecule has 144 valence electrons. The predicted molar refractivity (Wildman–Crippen MR) is 99.1 cm³/mol. The van der Waals surface area contributed by atoms with Crippen LogP contribution in [0.4, 0.5) is 0 Å². The summed E-state index contributed by atoms with van der Waals surface area (Å²) in [6, 6.07) is 11.2. The molecule has 1 fully saturated rings. The summed E-state index contributed by atoms with van der Waals surface area (Å²) in [5.41, 5.74) is 0.974. The number of nitrogens with zero attached hydrogens (tertiary/aromatic N) is 2. The molecular weight excluding hydrogens is 348 g/mol. The van der Waals surface area contributed by atoms with Crippen LogP contribution in [0, 0.1) is 0 Å². The van der Waals surface area contributed by atoms with Crippen LogP contribution in [0.15, 0.2) is 40.9 Å². The van der Waals surface area contributed by atoms with Crippen molar-refractivity contribution in [1.82, 2.24) is 20.7 Å². The van der Waals surface area contributed by atoms with Crippen molar-refractivity contribution >= 4 is 11.8 Å². The van der Waals surface area contributed by atoms with Gasteiger partial charge in [-0.3, -0.25) is 14.5 Å². The molecule has 2 amide bonds. The summed E-state index contributed by atoms with van der Waals surface area (Å²) in [6.45, 7) is 5.64. The molecule has 1 atom stereocenters. The lowest BCUT2D eigenvalue weighted by Crippen LogP contribution is -2.48. The van der Waals surface area contributed by atoms with Crippen LogP contribution in [0.3, 0.4) is 0 Å². The lowest BCUT2D eigenvalue weighted by molar-refractivity contribution is -0.120. The Bertz CT molecular complexity index is 756. The van der Waals surface area contributed by atoms with Crippen LogP contribution in [0.25, 0.3) is 11.3 Å². The van der Waals surface area contributed by atoms with Crippen molar-refractivity contribution in [3.05, 3.63) is 42.1 Å². The fourth-order valence-electron chi connectivity index (χ4n) is 2.84. The Labute approximate surface area is 157 Å². The summed E-state index contributed by atoms with van der Waals surface area (Å²) in [6.07, 6.45) is 0. The van der Waals surface area contributed by atoms with Gasteiger partial charge in [-0.05, 0) is 6.92 Å². The molecule has 0 bridgehead atoms. The number of hydrogen-bond acceptors (Lipinski definition) is 6. The van der Waals surface area contributed by atoms with Gasteiger partial charge in [0.2, 0.25) is 5.91 Å². The second-order valence-corrected chi connectivity index (χ2v) is 6.43. The van der Waals surface area contributed by atoms with E-state index in [9.17, 15) is 9.59 Å². The fraction of sp³-hybridized carbons (Fsp3) is 0.421. The molecule has 8 nitrogen and oxygen atoms in total. The van der Waals surface area contributed by atoms with E-state index in [-0.39, 0.29) is 24.2 Å². The summed E-state index contributed by atoms with van der Waals surface area (Å²) < 4.78 is 10.5. The van der Waals surface area contributed by atoms with Crippen LogP contribution in [0.2, 0.25) is 0 Å². The van der Waals surface area contributed by atoms with Crippen molar-refractivity contribution in [2.45, 2.75) is 13.0 Å². The van der Waals surface area contributed by atoms with E-state index in [0.29, 0.717) is 12.3 Å². The molecule has 1 saturated heterocycles. The normalized spacial score (nSPS) is 15.9. The Hall–Kier alpha value is -2.71. The average Bonchev–Trinajstić information content (AvgIpc) is 3.22. The molecular formula is C19H24N4O4. The summed E-state index contributed by atoms with van der Waals surface area (Å²) in [7, 11) is 0. The molecule has 1 aliphatic rings. The number of hydrogen-bond donors (Lipinski definition) is 2. The van der Waals surface area contributed by atoms with Gasteiger partial charge in [0.1, 0.15) is 0 Å². The SMILES string of the molecule is CC(CNC(=O)CNC(=O)c1cc(-c2ccccc2)on1)N1CCOCC1. The van der Waals surface area contributed by atoms with Crippen LogP contribution in [0.1, 0.15) is 17.4 Å². The highest BCUT2D eigenvalue weighted by Crippen LogP contribution is 2.19. The number of nitrogens with one attached hydrogen (secondary N) is 2. The zero-order chi connectivity index (χ0) is 19.1. The van der Waals surface area contributed by atoms with Crippen molar-refractivity contribution in [2.75, 3.05) is 39.4 Å². The van der Waals surface area contributed by atoms with Gasteiger partial charge in [-0.25, -0.2) is 0 Å². The first-order chi connectivity index (χ1) is 13.1. The lowest BCUT2D eigenvalue weighted by Gasteiger charge is -2.32. The number of aromatic nitrogens is 1. The van der Waals surface area contributed by atoms with E-state index in [1.807, 2.05) is 30.3 Å². The minimum Gasteiger partial charge on any atom is -0.379 e. The molecule has 27 heavy (non-hydrogen) atoms. The maximum atomic E-state index is 12.1. The highest BCUT2D eigenvalue weighted by atomic mass is 16.5. The van der Waals surface area contributed by atoms with Crippen LogP contribution in [0.5, 0.6) is 0 Å². The van der Waals surface area contributed by atoms with Crippen LogP contribution in [-0.2, 0) is 9.53 Å². The second kappa shape index (κ2) is 9.29. The molecule has 2 heterocycles. The van der Waals surface area contributed by atoms with Gasteiger partial charge in [-0.15, -0.1) is 0 Å². The predicted octanol–water partition coefficient (Wildman–Crippen LogP) is 0.908. The van der Waals surface area contributed by atoms with Gasteiger partial charge in [-0.1, -0.05) is 35.5 Å². The van der Waals surface area contributed by atoms with E-state index in [4.69, 9.17) is 9.26 Å². The van der Waals surface area contributed by atoms with Gasteiger partial charge in [0, 0.05) is 37.3 Å². The number of morpholine rings is 1. The first-order valence-corrected chi connectivity index (χ1v) is 9.02. The third-order valence-corrected chi connectivity index (χ3v) is 4.47. The van der Waals surface area contributed by atoms with Gasteiger partial charge >= 0.3 is 0 Å². The molecule has 1 aliphatic heterocycles. The van der Waals surface area contributed by atoms with E-state index in [1.54, 1.807) is 6.07 Å². The Balaban J connectivity index is 1.42. The van der Waals surface area contributed by atoms with E-state index >= 15 is 0 Å². The molecule has 3 rings (SSSR count). The molecule has 1 aromatic heterocycles. The molecule has 0 spiro atoms. The van der Waals surface area contributed by atoms with Crippen molar-refractivity contribution in [3.63, 3.8) is 0 Å². The monoisotopic (exact) mass is 372 g/mol. The molecule has 2 aromatic rings. The number of benzene rings is 1. The molecule has 0 radical (unpaired) electrons. The fourth-order valence-corrected chi connectivity index (χ4v) is 2.84. The molecule has 1 unspecified atom stereocenters. The van der Waals surface area contributed by atoms with Crippen LogP contribution < -0.4 is 10.6 Å². The minimum absolute atomic E-state index is 0.109. The Kier molecular flexibility index (Phi) is 6.56. The standard InChI is InChI=1S/C19H24N4O4/c1-14(23-7-9-26-10-8-23)12-20-18(24)13-21-19(25)16-11-17(27-22-16)15-5-3-2-4-6-15/h2-6,11,14H,7-10,12-13H2,1H3,(H,20,24)(H,21,25). The maximum absolute atomic E-state index is 12.1. The van der Waals surface area contributed by atoms with Crippen molar-refractivity contribution < 1.29 is 18.8 Å². The maximum Gasteiger partial charge on any atom is 0.273 e. The summed E-state index contributed by atoms with van der Waals surface area (Å²) >= 11 is 0. The average molecular weight is 372 g/mol. The van der Waals surface area contributed by atoms with Crippen LogP contribution >= 0.6 is 0 Å². The minimum atomic E-state index is -0.447. The number of ether oxygens (including phenoxy) is 1. The van der Waals surface area contributed by atoms with Gasteiger partial charge in [0.15, 0.2) is 11.5 Å². The van der Waals surface area contributed by atoms with E-state index in [2.05, 4.69) is 27.6 Å². The summed E-state index contributed by atoms with van der Waals surface area (Å²) in [5.74, 6) is -0.183. The molecule has 2 N–H and O–H groups in total. The zero-order valence-corrected chi connectivity index (χ0v) is 15.3. The largest absolute Gasteiger partial charge is 0.379 e. The lowest BCUT2D eigenvalue weighted by atomic mass is 10.1. The summed E-state index contributed by atoms with van der Waals surface area (Å²) in [5, 5.41) is 9.17. The van der Waals surface area contributed by atoms with Gasteiger partial charge in [0.05, 0.1) is 19.8 Å². The highest BCUT2D eigenvalue weighted by Gasteiger charge is 2.18. The van der Waals surface area contributed by atoms with Gasteiger partial charge in [0.25, 0.3) is 5.91 Å². The van der Waals surface area contributed by atoms with Crippen molar-refractivity contribution in [1.29, 1.82) is 0 Å².